The average Bonchev–Trinajstić information content (AvgIpc) is 3.61. The van der Waals surface area contributed by atoms with Gasteiger partial charge in [-0.2, -0.15) is 18.4 Å². The lowest BCUT2D eigenvalue weighted by Crippen LogP contribution is -2.55. The highest BCUT2D eigenvalue weighted by Gasteiger charge is 2.60. The highest BCUT2D eigenvalue weighted by atomic mass is 19.4. The summed E-state index contributed by atoms with van der Waals surface area (Å²) >= 11 is 0. The molecule has 3 atom stereocenters. The fraction of sp³-hybridized carbons (Fsp3) is 0.444. The highest BCUT2D eigenvalue weighted by Crippen LogP contribution is 2.50. The van der Waals surface area contributed by atoms with Gasteiger partial charge in [0.15, 0.2) is 6.04 Å². The first kappa shape index (κ1) is 29.0. The highest BCUT2D eigenvalue weighted by molar-refractivity contribution is 5.84. The normalized spacial score (nSPS) is 17.2. The number of carbonyl (C=O) groups excluding carboxylic acids is 2. The largest absolute Gasteiger partial charge is 0.413 e. The van der Waals surface area contributed by atoms with Gasteiger partial charge < -0.3 is 16.4 Å². The minimum Gasteiger partial charge on any atom is -0.369 e. The van der Waals surface area contributed by atoms with E-state index in [4.69, 9.17) is 11.5 Å². The van der Waals surface area contributed by atoms with Crippen molar-refractivity contribution in [2.75, 3.05) is 0 Å². The summed E-state index contributed by atoms with van der Waals surface area (Å²) in [6, 6.07) is 6.45. The molecule has 1 aliphatic carbocycles. The summed E-state index contributed by atoms with van der Waals surface area (Å²) in [6.07, 6.45) is -5.48. The van der Waals surface area contributed by atoms with Crippen LogP contribution >= 0.6 is 0 Å². The molecular formula is C27H29F5N4O2. The van der Waals surface area contributed by atoms with Gasteiger partial charge in [0.25, 0.3) is 0 Å². The molecule has 2 amide bonds. The minimum atomic E-state index is -4.99. The molecule has 0 spiro atoms. The van der Waals surface area contributed by atoms with Crippen LogP contribution in [0.4, 0.5) is 22.0 Å². The Morgan fingerprint density at radius 2 is 1.63 bits per heavy atom. The van der Waals surface area contributed by atoms with Crippen LogP contribution in [0.15, 0.2) is 42.5 Å². The summed E-state index contributed by atoms with van der Waals surface area (Å²) < 4.78 is 72.4. The van der Waals surface area contributed by atoms with Gasteiger partial charge in [-0.3, -0.25) is 9.59 Å². The molecule has 2 aromatic carbocycles. The molecule has 3 rings (SSSR count). The summed E-state index contributed by atoms with van der Waals surface area (Å²) in [5, 5.41) is 9.67. The molecule has 0 bridgehead atoms. The third-order valence-corrected chi connectivity index (χ3v) is 6.68. The van der Waals surface area contributed by atoms with Crippen molar-refractivity contribution in [3.63, 3.8) is 0 Å². The Hall–Kier alpha value is -3.52. The Bertz CT molecular complexity index is 1240. The molecule has 1 aliphatic rings. The van der Waals surface area contributed by atoms with E-state index in [0.29, 0.717) is 10.5 Å². The third-order valence-electron chi connectivity index (χ3n) is 6.68. The molecule has 0 saturated heterocycles. The second-order valence-corrected chi connectivity index (χ2v) is 10.3. The summed E-state index contributed by atoms with van der Waals surface area (Å²) in [5.41, 5.74) is 7.77. The molecule has 2 aromatic rings. The van der Waals surface area contributed by atoms with Crippen molar-refractivity contribution in [1.82, 2.24) is 4.90 Å². The summed E-state index contributed by atoms with van der Waals surface area (Å²) in [5.74, 6) is -3.25. The predicted molar refractivity (Wildman–Crippen MR) is 130 cm³/mol. The van der Waals surface area contributed by atoms with Crippen LogP contribution in [0.25, 0.3) is 11.1 Å². The van der Waals surface area contributed by atoms with Crippen LogP contribution in [-0.4, -0.2) is 40.1 Å². The SMILES string of the molecule is C[C@@H](C(N)=O)c1ccc(-c2ccc([C@H](N(C(=O)[C@@H](N)CC(C)(C)F)C3(C#N)CC3)C(F)(F)F)cc2)c(F)c1. The van der Waals surface area contributed by atoms with Crippen molar-refractivity contribution in [2.24, 2.45) is 11.5 Å². The monoisotopic (exact) mass is 536 g/mol. The number of hydrogen-bond donors (Lipinski definition) is 2. The maximum absolute atomic E-state index is 14.8. The van der Waals surface area contributed by atoms with E-state index in [0.717, 1.165) is 32.0 Å². The second-order valence-electron chi connectivity index (χ2n) is 10.3. The van der Waals surface area contributed by atoms with Crippen LogP contribution in [0, 0.1) is 17.1 Å². The van der Waals surface area contributed by atoms with E-state index in [-0.39, 0.29) is 29.5 Å². The van der Waals surface area contributed by atoms with Gasteiger partial charge in [-0.05, 0) is 56.4 Å². The van der Waals surface area contributed by atoms with Gasteiger partial charge in [0, 0.05) is 12.0 Å². The minimum absolute atomic E-state index is 0.0208. The van der Waals surface area contributed by atoms with Gasteiger partial charge in [-0.1, -0.05) is 36.4 Å². The van der Waals surface area contributed by atoms with E-state index < -0.39 is 59.4 Å². The summed E-state index contributed by atoms with van der Waals surface area (Å²) in [6.45, 7) is 3.83. The lowest BCUT2D eigenvalue weighted by atomic mass is 9.94. The van der Waals surface area contributed by atoms with Crippen molar-refractivity contribution in [2.45, 2.75) is 75.4 Å². The van der Waals surface area contributed by atoms with E-state index in [1.54, 1.807) is 0 Å². The molecule has 0 unspecified atom stereocenters. The van der Waals surface area contributed by atoms with Crippen LogP contribution < -0.4 is 11.5 Å². The molecule has 0 aromatic heterocycles. The molecule has 1 saturated carbocycles. The molecule has 11 heteroatoms. The predicted octanol–water partition coefficient (Wildman–Crippen LogP) is 5.04. The molecule has 6 nitrogen and oxygen atoms in total. The van der Waals surface area contributed by atoms with Gasteiger partial charge in [0.2, 0.25) is 11.8 Å². The Balaban J connectivity index is 2.02. The second kappa shape index (κ2) is 10.3. The molecule has 204 valence electrons. The number of nitrogens with two attached hydrogens (primary N) is 2. The fourth-order valence-corrected chi connectivity index (χ4v) is 4.43. The maximum atomic E-state index is 14.8. The molecule has 4 N–H and O–H groups in total. The quantitative estimate of drug-likeness (QED) is 0.438. The zero-order valence-electron chi connectivity index (χ0n) is 21.2. The average molecular weight is 537 g/mol. The number of primary amides is 1. The van der Waals surface area contributed by atoms with Crippen LogP contribution in [0.1, 0.15) is 63.1 Å². The fourth-order valence-electron chi connectivity index (χ4n) is 4.43. The van der Waals surface area contributed by atoms with Crippen LogP contribution in [0.3, 0.4) is 0 Å². The standard InChI is InChI=1S/C27H29F5N4O2/c1-15(23(35)37)18-8-9-19(20(28)12-18)16-4-6-17(7-5-16)22(27(30,31)32)36(26(14-33)10-11-26)24(38)21(34)13-25(2,3)29/h4-9,12,15,21-22H,10-11,13,34H2,1-3H3,(H2,35,37)/t15-,21+,22+/m1/s1. The first-order valence-corrected chi connectivity index (χ1v) is 12.0. The Morgan fingerprint density at radius 3 is 2.05 bits per heavy atom. The maximum Gasteiger partial charge on any atom is 0.413 e. The Morgan fingerprint density at radius 1 is 1.08 bits per heavy atom. The van der Waals surface area contributed by atoms with E-state index in [1.165, 1.54) is 31.2 Å². The van der Waals surface area contributed by atoms with Crippen LogP contribution in [-0.2, 0) is 9.59 Å². The van der Waals surface area contributed by atoms with E-state index in [2.05, 4.69) is 0 Å². The number of halogens is 5. The number of nitriles is 1. The topological polar surface area (TPSA) is 113 Å². The van der Waals surface area contributed by atoms with Gasteiger partial charge in [-0.25, -0.2) is 8.78 Å². The molecule has 0 radical (unpaired) electrons. The summed E-state index contributed by atoms with van der Waals surface area (Å²) in [4.78, 5) is 25.0. The Kier molecular flexibility index (Phi) is 7.89. The number of alkyl halides is 4. The Labute approximate surface area is 217 Å². The summed E-state index contributed by atoms with van der Waals surface area (Å²) in [7, 11) is 0. The number of rotatable bonds is 9. The van der Waals surface area contributed by atoms with Crippen molar-refractivity contribution in [3.8, 4) is 17.2 Å². The zero-order valence-corrected chi connectivity index (χ0v) is 21.2. The van der Waals surface area contributed by atoms with Crippen molar-refractivity contribution < 1.29 is 31.5 Å². The van der Waals surface area contributed by atoms with Gasteiger partial charge >= 0.3 is 6.18 Å². The smallest absolute Gasteiger partial charge is 0.369 e. The first-order valence-electron chi connectivity index (χ1n) is 12.0. The van der Waals surface area contributed by atoms with Gasteiger partial charge in [0.05, 0.1) is 18.0 Å². The van der Waals surface area contributed by atoms with Gasteiger partial charge in [-0.15, -0.1) is 0 Å². The van der Waals surface area contributed by atoms with E-state index >= 15 is 0 Å². The molecule has 0 aliphatic heterocycles. The van der Waals surface area contributed by atoms with Crippen molar-refractivity contribution >= 4 is 11.8 Å². The molecule has 38 heavy (non-hydrogen) atoms. The first-order chi connectivity index (χ1) is 17.5. The number of carbonyl (C=O) groups is 2. The van der Waals surface area contributed by atoms with Crippen molar-refractivity contribution in [1.29, 1.82) is 5.26 Å². The molecular weight excluding hydrogens is 507 g/mol. The van der Waals surface area contributed by atoms with Crippen LogP contribution in [0.2, 0.25) is 0 Å². The van der Waals surface area contributed by atoms with Crippen LogP contribution in [0.5, 0.6) is 0 Å². The lowest BCUT2D eigenvalue weighted by Gasteiger charge is -2.38. The molecule has 0 heterocycles. The molecule has 1 fully saturated rings. The van der Waals surface area contributed by atoms with Crippen molar-refractivity contribution in [3.05, 3.63) is 59.4 Å². The number of benzene rings is 2. The zero-order chi connectivity index (χ0) is 28.6. The third kappa shape index (κ3) is 6.13. The lowest BCUT2D eigenvalue weighted by molar-refractivity contribution is -0.198. The number of amides is 2. The van der Waals surface area contributed by atoms with Gasteiger partial charge in [0.1, 0.15) is 17.0 Å². The van der Waals surface area contributed by atoms with E-state index in [1.807, 2.05) is 6.07 Å². The number of nitrogens with zero attached hydrogens (tertiary/aromatic N) is 2. The number of hydrogen-bond acceptors (Lipinski definition) is 4. The van der Waals surface area contributed by atoms with E-state index in [9.17, 15) is 36.8 Å².